The minimum absolute atomic E-state index is 0.0206. The number of rotatable bonds is 3. The maximum atomic E-state index is 14.2. The first-order valence-electron chi connectivity index (χ1n) is 12.6. The van der Waals surface area contributed by atoms with Gasteiger partial charge in [0.1, 0.15) is 28.9 Å². The lowest BCUT2D eigenvalue weighted by Gasteiger charge is -2.54. The molecule has 6 atom stereocenters. The number of esters is 1. The summed E-state index contributed by atoms with van der Waals surface area (Å²) in [5.41, 5.74) is 1.46. The van der Waals surface area contributed by atoms with Crippen LogP contribution in [0.2, 0.25) is 0 Å². The van der Waals surface area contributed by atoms with E-state index in [0.29, 0.717) is 11.1 Å². The number of phenolic OH excluding ortho intramolecular Hbond substituents is 1. The number of hydrogen-bond acceptors (Lipinski definition) is 10. The van der Waals surface area contributed by atoms with Crippen LogP contribution in [0.15, 0.2) is 29.0 Å². The van der Waals surface area contributed by atoms with Gasteiger partial charge in [-0.3, -0.25) is 24.1 Å². The zero-order valence-electron chi connectivity index (χ0n) is 22.9. The summed E-state index contributed by atoms with van der Waals surface area (Å²) < 4.78 is 5.67. The second-order valence-electron chi connectivity index (χ2n) is 11.8. The zero-order valence-corrected chi connectivity index (χ0v) is 22.9. The number of Topliss-reactive ketones (excluding diaryl/α,β-unsaturated/α-hetero) is 2. The van der Waals surface area contributed by atoms with Crippen molar-refractivity contribution in [3.63, 3.8) is 0 Å². The summed E-state index contributed by atoms with van der Waals surface area (Å²) in [4.78, 5) is 53.5. The molecule has 0 saturated heterocycles. The molecular weight excluding hydrogens is 508 g/mol. The molecule has 1 aromatic rings. The second-order valence-corrected chi connectivity index (χ2v) is 11.8. The molecule has 3 unspecified atom stereocenters. The Labute approximate surface area is 225 Å². The lowest BCUT2D eigenvalue weighted by molar-refractivity contribution is -0.184. The number of likely N-dealkylation sites (N-methyl/N-ethyl adjacent to an activating group) is 1. The topological polar surface area (TPSA) is 188 Å². The van der Waals surface area contributed by atoms with Crippen molar-refractivity contribution in [2.24, 2.45) is 17.6 Å². The molecule has 11 nitrogen and oxygen atoms in total. The number of nitrogens with two attached hydrogens (primary N) is 1. The van der Waals surface area contributed by atoms with E-state index in [-0.39, 0.29) is 11.3 Å². The SMILES string of the molecule is CC(=O)OC1C2C(=C(O)c3c(ccc(C(C)(C)C)c3O)[C@@H]2C)C(=O)[C@]2(O)C(O)=C(C(N)=O)C(=O)[C@@H](N(C)C)C12. The van der Waals surface area contributed by atoms with E-state index in [1.807, 2.05) is 20.8 Å². The first kappa shape index (κ1) is 28.3. The van der Waals surface area contributed by atoms with E-state index in [1.165, 1.54) is 19.0 Å². The first-order valence-corrected chi connectivity index (χ1v) is 12.6. The van der Waals surface area contributed by atoms with Crippen molar-refractivity contribution in [2.45, 2.75) is 63.7 Å². The van der Waals surface area contributed by atoms with Gasteiger partial charge in [-0.25, -0.2) is 0 Å². The minimum Gasteiger partial charge on any atom is -0.508 e. The van der Waals surface area contributed by atoms with Gasteiger partial charge < -0.3 is 30.9 Å². The van der Waals surface area contributed by atoms with Crippen molar-refractivity contribution in [1.29, 1.82) is 0 Å². The molecule has 0 aromatic heterocycles. The lowest BCUT2D eigenvalue weighted by Crippen LogP contribution is -2.71. The van der Waals surface area contributed by atoms with Crippen LogP contribution in [0, 0.1) is 11.8 Å². The number of nitrogens with zero attached hydrogens (tertiary/aromatic N) is 1. The maximum Gasteiger partial charge on any atom is 0.302 e. The van der Waals surface area contributed by atoms with Gasteiger partial charge in [0, 0.05) is 24.0 Å². The highest BCUT2D eigenvalue weighted by molar-refractivity contribution is 6.24. The third kappa shape index (κ3) is 3.78. The number of aliphatic hydroxyl groups is 3. The number of aromatic hydroxyl groups is 1. The molecule has 11 heteroatoms. The molecule has 210 valence electrons. The van der Waals surface area contributed by atoms with Crippen LogP contribution in [0.5, 0.6) is 5.75 Å². The van der Waals surface area contributed by atoms with Crippen LogP contribution >= 0.6 is 0 Å². The second kappa shape index (κ2) is 8.92. The number of hydrogen-bond donors (Lipinski definition) is 5. The molecule has 0 radical (unpaired) electrons. The monoisotopic (exact) mass is 542 g/mol. The van der Waals surface area contributed by atoms with Gasteiger partial charge in [0.15, 0.2) is 11.4 Å². The van der Waals surface area contributed by atoms with Crippen molar-refractivity contribution in [2.75, 3.05) is 14.1 Å². The van der Waals surface area contributed by atoms with Crippen molar-refractivity contribution in [1.82, 2.24) is 4.90 Å². The van der Waals surface area contributed by atoms with Gasteiger partial charge in [-0.2, -0.15) is 0 Å². The number of fused-ring (bicyclic) bond motifs is 3. The zero-order chi connectivity index (χ0) is 29.5. The largest absolute Gasteiger partial charge is 0.508 e. The Hall–Kier alpha value is -3.70. The van der Waals surface area contributed by atoms with E-state index < -0.39 is 87.0 Å². The van der Waals surface area contributed by atoms with Crippen molar-refractivity contribution in [3.05, 3.63) is 45.7 Å². The molecule has 0 spiro atoms. The Balaban J connectivity index is 2.13. The molecule has 39 heavy (non-hydrogen) atoms. The van der Waals surface area contributed by atoms with E-state index in [4.69, 9.17) is 10.5 Å². The third-order valence-electron chi connectivity index (χ3n) is 8.21. The number of amides is 1. The van der Waals surface area contributed by atoms with E-state index in [0.717, 1.165) is 6.92 Å². The number of aliphatic hydroxyl groups excluding tert-OH is 2. The van der Waals surface area contributed by atoms with Crippen LogP contribution in [0.4, 0.5) is 0 Å². The normalized spacial score (nSPS) is 30.6. The average Bonchev–Trinajstić information content (AvgIpc) is 2.79. The van der Waals surface area contributed by atoms with Gasteiger partial charge in [-0.1, -0.05) is 39.8 Å². The smallest absolute Gasteiger partial charge is 0.302 e. The van der Waals surface area contributed by atoms with Crippen molar-refractivity contribution < 1.29 is 44.3 Å². The van der Waals surface area contributed by atoms with Crippen LogP contribution in [0.3, 0.4) is 0 Å². The molecule has 0 aliphatic heterocycles. The molecule has 4 rings (SSSR count). The molecule has 3 aliphatic rings. The molecule has 1 amide bonds. The molecule has 1 aromatic carbocycles. The number of primary amides is 1. The summed E-state index contributed by atoms with van der Waals surface area (Å²) in [6.07, 6.45) is -1.41. The summed E-state index contributed by atoms with van der Waals surface area (Å²) >= 11 is 0. The molecular formula is C28H34N2O9. The Morgan fingerprint density at radius 2 is 1.69 bits per heavy atom. The summed E-state index contributed by atoms with van der Waals surface area (Å²) in [6, 6.07) is 2.02. The van der Waals surface area contributed by atoms with Gasteiger partial charge >= 0.3 is 5.97 Å². The van der Waals surface area contributed by atoms with E-state index in [2.05, 4.69) is 0 Å². The van der Waals surface area contributed by atoms with E-state index in [9.17, 15) is 39.6 Å². The highest BCUT2D eigenvalue weighted by Crippen LogP contribution is 2.57. The quantitative estimate of drug-likeness (QED) is 0.276. The van der Waals surface area contributed by atoms with Crippen LogP contribution < -0.4 is 5.73 Å². The number of ketones is 2. The fourth-order valence-corrected chi connectivity index (χ4v) is 6.53. The molecule has 3 aliphatic carbocycles. The van der Waals surface area contributed by atoms with Crippen LogP contribution in [0.1, 0.15) is 57.2 Å². The summed E-state index contributed by atoms with van der Waals surface area (Å²) in [6.45, 7) is 8.40. The van der Waals surface area contributed by atoms with E-state index >= 15 is 0 Å². The predicted octanol–water partition coefficient (Wildman–Crippen LogP) is 1.36. The van der Waals surface area contributed by atoms with Crippen molar-refractivity contribution >= 4 is 29.2 Å². The van der Waals surface area contributed by atoms with Gasteiger partial charge in [0.2, 0.25) is 5.78 Å². The molecule has 0 bridgehead atoms. The Morgan fingerprint density at radius 1 is 1.10 bits per heavy atom. The highest BCUT2D eigenvalue weighted by Gasteiger charge is 2.69. The number of ether oxygens (including phenoxy) is 1. The molecule has 6 N–H and O–H groups in total. The molecule has 1 saturated carbocycles. The van der Waals surface area contributed by atoms with Gasteiger partial charge in [0.05, 0.1) is 17.5 Å². The summed E-state index contributed by atoms with van der Waals surface area (Å²) in [5, 5.41) is 45.8. The Kier molecular flexibility index (Phi) is 6.48. The average molecular weight is 543 g/mol. The molecule has 0 heterocycles. The summed E-state index contributed by atoms with van der Waals surface area (Å²) in [7, 11) is 2.93. The standard InChI is InChI=1S/C28H34N2O9/c1-10-12-8-9-13(27(3,4)5)20(32)15(12)21(33)16-14(10)23(39-11(2)31)18-19(30(6)7)22(34)17(26(29)37)25(36)28(18,38)24(16)35/h8-10,14,18-19,23,32-33,36,38H,1-7H3,(H2,29,37)/t10-,14?,18?,19-,23?,28-/m0/s1. The van der Waals surface area contributed by atoms with Crippen LogP contribution in [-0.4, -0.2) is 80.6 Å². The fourth-order valence-electron chi connectivity index (χ4n) is 6.53. The third-order valence-corrected chi connectivity index (χ3v) is 8.21. The van der Waals surface area contributed by atoms with Gasteiger partial charge in [-0.15, -0.1) is 0 Å². The highest BCUT2D eigenvalue weighted by atomic mass is 16.5. The van der Waals surface area contributed by atoms with Gasteiger partial charge in [-0.05, 0) is 31.0 Å². The number of carbonyl (C=O) groups excluding carboxylic acids is 4. The first-order chi connectivity index (χ1) is 17.9. The number of phenols is 1. The number of benzene rings is 1. The lowest BCUT2D eigenvalue weighted by atomic mass is 9.54. The fraction of sp³-hybridized carbons (Fsp3) is 0.500. The predicted molar refractivity (Wildman–Crippen MR) is 139 cm³/mol. The van der Waals surface area contributed by atoms with Crippen LogP contribution in [0.25, 0.3) is 5.76 Å². The maximum absolute atomic E-state index is 14.2. The van der Waals surface area contributed by atoms with E-state index in [1.54, 1.807) is 19.1 Å². The van der Waals surface area contributed by atoms with Crippen molar-refractivity contribution in [3.8, 4) is 5.75 Å². The summed E-state index contributed by atoms with van der Waals surface area (Å²) in [5.74, 6) is -9.77. The number of carbonyl (C=O) groups is 4. The Bertz CT molecular complexity index is 1380. The molecule has 1 fully saturated rings. The Morgan fingerprint density at radius 3 is 2.18 bits per heavy atom. The van der Waals surface area contributed by atoms with Gasteiger partial charge in [0.25, 0.3) is 5.91 Å². The minimum atomic E-state index is -2.96. The van der Waals surface area contributed by atoms with Crippen LogP contribution in [-0.2, 0) is 29.3 Å².